The summed E-state index contributed by atoms with van der Waals surface area (Å²) in [4.78, 5) is 36.5. The predicted molar refractivity (Wildman–Crippen MR) is 104 cm³/mol. The third-order valence-corrected chi connectivity index (χ3v) is 3.81. The summed E-state index contributed by atoms with van der Waals surface area (Å²) in [7, 11) is 0. The lowest BCUT2D eigenvalue weighted by Crippen LogP contribution is -2.28. The maximum Gasteiger partial charge on any atom is 0.307 e. The second-order valence-electron chi connectivity index (χ2n) is 7.48. The van der Waals surface area contributed by atoms with Crippen LogP contribution in [-0.2, 0) is 30.3 Å². The molecular weight excluding hydrogens is 344 g/mol. The molecule has 0 saturated carbocycles. The predicted octanol–water partition coefficient (Wildman–Crippen LogP) is 4.05. The fraction of sp³-hybridized carbons (Fsp3) is 0.500. The van der Waals surface area contributed by atoms with Gasteiger partial charge in [0.15, 0.2) is 0 Å². The molecule has 0 aromatic heterocycles. The smallest absolute Gasteiger partial charge is 0.307 e. The Morgan fingerprint density at radius 2 is 1.78 bits per heavy atom. The SMILES string of the molecule is C=CCOC(=O)CCC[C@@H](CC(=O)OC(C)(C)C)C(=O)Cc1ccccc1. The van der Waals surface area contributed by atoms with Crippen molar-refractivity contribution >= 4 is 17.7 Å². The number of ether oxygens (including phenoxy) is 2. The van der Waals surface area contributed by atoms with Crippen molar-refractivity contribution in [2.24, 2.45) is 5.92 Å². The number of Topliss-reactive ketones (excluding diaryl/α,β-unsaturated/α-hetero) is 1. The van der Waals surface area contributed by atoms with Crippen molar-refractivity contribution in [3.8, 4) is 0 Å². The van der Waals surface area contributed by atoms with E-state index in [2.05, 4.69) is 6.58 Å². The van der Waals surface area contributed by atoms with E-state index in [4.69, 9.17) is 9.47 Å². The van der Waals surface area contributed by atoms with Crippen LogP contribution in [0, 0.1) is 5.92 Å². The van der Waals surface area contributed by atoms with Gasteiger partial charge >= 0.3 is 11.9 Å². The van der Waals surface area contributed by atoms with Gasteiger partial charge in [-0.05, 0) is 39.2 Å². The number of carbonyl (C=O) groups excluding carboxylic acids is 3. The maximum atomic E-state index is 12.7. The van der Waals surface area contributed by atoms with Crippen molar-refractivity contribution in [1.29, 1.82) is 0 Å². The van der Waals surface area contributed by atoms with Gasteiger partial charge in [-0.2, -0.15) is 0 Å². The zero-order valence-corrected chi connectivity index (χ0v) is 16.5. The molecule has 1 atom stereocenters. The topological polar surface area (TPSA) is 69.7 Å². The molecule has 0 bridgehead atoms. The summed E-state index contributed by atoms with van der Waals surface area (Å²) in [6, 6.07) is 9.41. The van der Waals surface area contributed by atoms with Crippen molar-refractivity contribution in [2.75, 3.05) is 6.61 Å². The zero-order valence-electron chi connectivity index (χ0n) is 16.5. The molecule has 1 rings (SSSR count). The van der Waals surface area contributed by atoms with Gasteiger partial charge < -0.3 is 9.47 Å². The van der Waals surface area contributed by atoms with Gasteiger partial charge in [-0.1, -0.05) is 43.0 Å². The summed E-state index contributed by atoms with van der Waals surface area (Å²) in [6.07, 6.45) is 2.90. The Morgan fingerprint density at radius 1 is 1.11 bits per heavy atom. The number of hydrogen-bond acceptors (Lipinski definition) is 5. The van der Waals surface area contributed by atoms with Crippen LogP contribution in [-0.4, -0.2) is 29.9 Å². The van der Waals surface area contributed by atoms with E-state index >= 15 is 0 Å². The third-order valence-electron chi connectivity index (χ3n) is 3.81. The molecule has 0 heterocycles. The van der Waals surface area contributed by atoms with Crippen LogP contribution in [0.25, 0.3) is 0 Å². The Hall–Kier alpha value is -2.43. The molecule has 0 aliphatic heterocycles. The number of ketones is 1. The van der Waals surface area contributed by atoms with Crippen molar-refractivity contribution in [2.45, 2.75) is 58.5 Å². The Bertz CT molecular complexity index is 628. The fourth-order valence-corrected chi connectivity index (χ4v) is 2.62. The monoisotopic (exact) mass is 374 g/mol. The van der Waals surface area contributed by atoms with Gasteiger partial charge in [0, 0.05) is 18.8 Å². The molecule has 0 aliphatic rings. The van der Waals surface area contributed by atoms with E-state index in [-0.39, 0.29) is 37.6 Å². The maximum absolute atomic E-state index is 12.7. The summed E-state index contributed by atoms with van der Waals surface area (Å²) in [6.45, 7) is 9.05. The summed E-state index contributed by atoms with van der Waals surface area (Å²) in [5.41, 5.74) is 0.306. The van der Waals surface area contributed by atoms with E-state index in [1.807, 2.05) is 30.3 Å². The number of esters is 2. The molecule has 1 aromatic carbocycles. The van der Waals surface area contributed by atoms with Crippen LogP contribution in [0.15, 0.2) is 43.0 Å². The summed E-state index contributed by atoms with van der Waals surface area (Å²) in [5.74, 6) is -1.23. The van der Waals surface area contributed by atoms with E-state index in [1.165, 1.54) is 6.08 Å². The molecule has 0 spiro atoms. The van der Waals surface area contributed by atoms with Crippen LogP contribution in [0.2, 0.25) is 0 Å². The number of rotatable bonds is 11. The van der Waals surface area contributed by atoms with Crippen molar-refractivity contribution in [3.05, 3.63) is 48.6 Å². The molecular formula is C22H30O5. The Morgan fingerprint density at radius 3 is 2.37 bits per heavy atom. The Labute approximate surface area is 161 Å². The molecule has 0 fully saturated rings. The van der Waals surface area contributed by atoms with Gasteiger partial charge in [-0.15, -0.1) is 0 Å². The first-order valence-electron chi connectivity index (χ1n) is 9.26. The summed E-state index contributed by atoms with van der Waals surface area (Å²) >= 11 is 0. The van der Waals surface area contributed by atoms with Crippen LogP contribution in [0.5, 0.6) is 0 Å². The van der Waals surface area contributed by atoms with E-state index in [9.17, 15) is 14.4 Å². The second-order valence-corrected chi connectivity index (χ2v) is 7.48. The molecule has 0 radical (unpaired) electrons. The van der Waals surface area contributed by atoms with Crippen LogP contribution in [0.1, 0.15) is 52.0 Å². The average molecular weight is 374 g/mol. The number of hydrogen-bond donors (Lipinski definition) is 0. The lowest BCUT2D eigenvalue weighted by Gasteiger charge is -2.22. The minimum absolute atomic E-state index is 0.0185. The van der Waals surface area contributed by atoms with Crippen molar-refractivity contribution in [3.63, 3.8) is 0 Å². The normalized spacial score (nSPS) is 12.1. The first kappa shape index (κ1) is 22.6. The molecule has 0 saturated heterocycles. The summed E-state index contributed by atoms with van der Waals surface area (Å²) in [5, 5.41) is 0. The van der Waals surface area contributed by atoms with Crippen LogP contribution in [0.4, 0.5) is 0 Å². The highest BCUT2D eigenvalue weighted by molar-refractivity contribution is 5.87. The van der Waals surface area contributed by atoms with E-state index < -0.39 is 17.5 Å². The highest BCUT2D eigenvalue weighted by Gasteiger charge is 2.25. The second kappa shape index (κ2) is 11.3. The highest BCUT2D eigenvalue weighted by atomic mass is 16.6. The van der Waals surface area contributed by atoms with Crippen molar-refractivity contribution < 1.29 is 23.9 Å². The highest BCUT2D eigenvalue weighted by Crippen LogP contribution is 2.20. The van der Waals surface area contributed by atoms with Crippen molar-refractivity contribution in [1.82, 2.24) is 0 Å². The molecule has 5 nitrogen and oxygen atoms in total. The summed E-state index contributed by atoms with van der Waals surface area (Å²) < 4.78 is 10.3. The van der Waals surface area contributed by atoms with E-state index in [0.29, 0.717) is 12.8 Å². The minimum Gasteiger partial charge on any atom is -0.461 e. The first-order valence-corrected chi connectivity index (χ1v) is 9.26. The quantitative estimate of drug-likeness (QED) is 0.432. The van der Waals surface area contributed by atoms with Gasteiger partial charge in [0.1, 0.15) is 18.0 Å². The third kappa shape index (κ3) is 10.3. The van der Waals surface area contributed by atoms with Crippen LogP contribution < -0.4 is 0 Å². The lowest BCUT2D eigenvalue weighted by atomic mass is 9.90. The first-order chi connectivity index (χ1) is 12.7. The van der Waals surface area contributed by atoms with Gasteiger partial charge in [0.2, 0.25) is 0 Å². The van der Waals surface area contributed by atoms with Crippen LogP contribution in [0.3, 0.4) is 0 Å². The molecule has 0 aliphatic carbocycles. The number of carbonyl (C=O) groups is 3. The van der Waals surface area contributed by atoms with E-state index in [1.54, 1.807) is 20.8 Å². The average Bonchev–Trinajstić information content (AvgIpc) is 2.58. The Kier molecular flexibility index (Phi) is 9.48. The Balaban J connectivity index is 2.67. The van der Waals surface area contributed by atoms with Gasteiger partial charge in [-0.3, -0.25) is 14.4 Å². The van der Waals surface area contributed by atoms with E-state index in [0.717, 1.165) is 5.56 Å². The van der Waals surface area contributed by atoms with Gasteiger partial charge in [0.05, 0.1) is 6.42 Å². The lowest BCUT2D eigenvalue weighted by molar-refractivity contribution is -0.157. The fourth-order valence-electron chi connectivity index (χ4n) is 2.62. The van der Waals surface area contributed by atoms with Crippen LogP contribution >= 0.6 is 0 Å². The van der Waals surface area contributed by atoms with Gasteiger partial charge in [-0.25, -0.2) is 0 Å². The molecule has 0 amide bonds. The molecule has 1 aromatic rings. The number of benzene rings is 1. The zero-order chi connectivity index (χ0) is 20.3. The molecule has 0 N–H and O–H groups in total. The largest absolute Gasteiger partial charge is 0.461 e. The molecule has 5 heteroatoms. The van der Waals surface area contributed by atoms with Gasteiger partial charge in [0.25, 0.3) is 0 Å². The minimum atomic E-state index is -0.599. The standard InChI is InChI=1S/C22H30O5/c1-5-14-26-20(24)13-9-12-18(16-21(25)27-22(2,3)4)19(23)15-17-10-7-6-8-11-17/h5-8,10-11,18H,1,9,12-16H2,2-4H3/t18-/m0/s1. The molecule has 27 heavy (non-hydrogen) atoms. The molecule has 148 valence electrons. The molecule has 0 unspecified atom stereocenters.